The third-order valence-electron chi connectivity index (χ3n) is 5.25. The van der Waals surface area contributed by atoms with Gasteiger partial charge in [0.25, 0.3) is 0 Å². The molecule has 2 heterocycles. The van der Waals surface area contributed by atoms with E-state index in [9.17, 15) is 9.59 Å². The second-order valence-electron chi connectivity index (χ2n) is 6.89. The Kier molecular flexibility index (Phi) is 5.48. The molecule has 0 spiro atoms. The van der Waals surface area contributed by atoms with E-state index in [4.69, 9.17) is 0 Å². The quantitative estimate of drug-likeness (QED) is 0.911. The number of carbonyl (C=O) groups is 2. The summed E-state index contributed by atoms with van der Waals surface area (Å²) in [5.41, 5.74) is 0. The van der Waals surface area contributed by atoms with Gasteiger partial charge in [-0.1, -0.05) is 19.3 Å². The molecule has 1 aromatic rings. The molecule has 7 nitrogen and oxygen atoms in total. The van der Waals surface area contributed by atoms with Crippen LogP contribution in [0.25, 0.3) is 0 Å². The summed E-state index contributed by atoms with van der Waals surface area (Å²) in [7, 11) is 0. The Balaban J connectivity index is 1.60. The van der Waals surface area contributed by atoms with Crippen LogP contribution in [0.1, 0.15) is 70.2 Å². The van der Waals surface area contributed by atoms with E-state index in [-0.39, 0.29) is 17.9 Å². The molecule has 132 valence electrons. The predicted octanol–water partition coefficient (Wildman–Crippen LogP) is 1.80. The molecule has 1 aliphatic heterocycles. The lowest BCUT2D eigenvalue weighted by atomic mass is 9.95. The summed E-state index contributed by atoms with van der Waals surface area (Å²) in [5, 5.41) is 11.2. The third-order valence-corrected chi connectivity index (χ3v) is 5.25. The lowest BCUT2D eigenvalue weighted by Crippen LogP contribution is -2.51. The third kappa shape index (κ3) is 3.76. The van der Waals surface area contributed by atoms with Crippen LogP contribution in [-0.2, 0) is 16.1 Å². The molecule has 1 saturated carbocycles. The monoisotopic (exact) mass is 333 g/mol. The van der Waals surface area contributed by atoms with Crippen molar-refractivity contribution in [2.45, 2.75) is 76.9 Å². The van der Waals surface area contributed by atoms with Crippen molar-refractivity contribution in [3.8, 4) is 0 Å². The second kappa shape index (κ2) is 7.77. The van der Waals surface area contributed by atoms with Gasteiger partial charge in [0.15, 0.2) is 5.82 Å². The first-order chi connectivity index (χ1) is 11.7. The molecular weight excluding hydrogens is 306 g/mol. The van der Waals surface area contributed by atoms with Gasteiger partial charge in [-0.25, -0.2) is 0 Å². The van der Waals surface area contributed by atoms with Crippen LogP contribution in [0.15, 0.2) is 6.33 Å². The van der Waals surface area contributed by atoms with Crippen LogP contribution in [0.2, 0.25) is 0 Å². The van der Waals surface area contributed by atoms with E-state index in [1.807, 2.05) is 0 Å². The fourth-order valence-corrected chi connectivity index (χ4v) is 3.92. The van der Waals surface area contributed by atoms with Crippen molar-refractivity contribution in [3.05, 3.63) is 12.2 Å². The largest absolute Gasteiger partial charge is 0.347 e. The molecule has 1 aliphatic carbocycles. The highest BCUT2D eigenvalue weighted by Crippen LogP contribution is 2.28. The van der Waals surface area contributed by atoms with Gasteiger partial charge in [0.1, 0.15) is 12.4 Å². The van der Waals surface area contributed by atoms with E-state index < -0.39 is 0 Å². The van der Waals surface area contributed by atoms with Crippen LogP contribution >= 0.6 is 0 Å². The highest BCUT2D eigenvalue weighted by Gasteiger charge is 2.30. The van der Waals surface area contributed by atoms with E-state index in [1.165, 1.54) is 26.2 Å². The Morgan fingerprint density at radius 1 is 1.17 bits per heavy atom. The van der Waals surface area contributed by atoms with Gasteiger partial charge in [-0.15, -0.1) is 10.2 Å². The summed E-state index contributed by atoms with van der Waals surface area (Å²) in [4.78, 5) is 25.9. The minimum absolute atomic E-state index is 0.0276. The molecule has 0 unspecified atom stereocenters. The minimum atomic E-state index is -0.345. The fraction of sp³-hybridized carbons (Fsp3) is 0.765. The second-order valence-corrected chi connectivity index (χ2v) is 6.89. The normalized spacial score (nSPS) is 22.4. The maximum atomic E-state index is 12.5. The zero-order valence-electron chi connectivity index (χ0n) is 14.4. The van der Waals surface area contributed by atoms with Crippen molar-refractivity contribution in [1.82, 2.24) is 25.0 Å². The maximum Gasteiger partial charge on any atom is 0.243 e. The number of amides is 2. The molecule has 7 heteroatoms. The summed E-state index contributed by atoms with van der Waals surface area (Å²) < 4.78 is 2.11. The van der Waals surface area contributed by atoms with Gasteiger partial charge in [-0.2, -0.15) is 0 Å². The molecule has 2 fully saturated rings. The number of hydrogen-bond acceptors (Lipinski definition) is 4. The number of carbonyl (C=O) groups excluding carboxylic acids is 2. The molecule has 2 aliphatic rings. The molecule has 2 amide bonds. The highest BCUT2D eigenvalue weighted by molar-refractivity contribution is 5.87. The molecule has 0 aromatic carbocycles. The van der Waals surface area contributed by atoms with Crippen LogP contribution in [0.5, 0.6) is 0 Å². The summed E-state index contributed by atoms with van der Waals surface area (Å²) in [6.07, 6.45) is 10.6. The standard InChI is InChI=1S/C17H27N5O2/c1-13(23)21-10-6-5-9-15(21)17(24)18-11-16-20-19-12-22(16)14-7-3-2-4-8-14/h12,14-15H,2-11H2,1H3,(H,18,24)/t15-/m0/s1. The predicted molar refractivity (Wildman–Crippen MR) is 89.0 cm³/mol. The Bertz CT molecular complexity index is 579. The SMILES string of the molecule is CC(=O)N1CCCC[C@H]1C(=O)NCc1nncn1C1CCCCC1. The molecular formula is C17H27N5O2. The molecule has 1 N–H and O–H groups in total. The molecule has 0 radical (unpaired) electrons. The van der Waals surface area contributed by atoms with E-state index in [2.05, 4.69) is 20.1 Å². The topological polar surface area (TPSA) is 80.1 Å². The van der Waals surface area contributed by atoms with Gasteiger partial charge in [0, 0.05) is 19.5 Å². The van der Waals surface area contributed by atoms with Crippen LogP contribution in [-0.4, -0.2) is 44.1 Å². The minimum Gasteiger partial charge on any atom is -0.347 e. The van der Waals surface area contributed by atoms with Crippen molar-refractivity contribution in [1.29, 1.82) is 0 Å². The molecule has 3 rings (SSSR count). The van der Waals surface area contributed by atoms with Gasteiger partial charge in [-0.05, 0) is 32.1 Å². The van der Waals surface area contributed by atoms with E-state index in [1.54, 1.807) is 11.2 Å². The van der Waals surface area contributed by atoms with Gasteiger partial charge in [0.05, 0.1) is 6.54 Å². The summed E-state index contributed by atoms with van der Waals surface area (Å²) >= 11 is 0. The van der Waals surface area contributed by atoms with Crippen LogP contribution < -0.4 is 5.32 Å². The molecule has 0 bridgehead atoms. The Labute approximate surface area is 142 Å². The maximum absolute atomic E-state index is 12.5. The number of rotatable bonds is 4. The Morgan fingerprint density at radius 3 is 2.67 bits per heavy atom. The number of aromatic nitrogens is 3. The average molecular weight is 333 g/mol. The number of hydrogen-bond donors (Lipinski definition) is 1. The van der Waals surface area contributed by atoms with Crippen LogP contribution in [0.4, 0.5) is 0 Å². The number of nitrogens with zero attached hydrogens (tertiary/aromatic N) is 4. The van der Waals surface area contributed by atoms with Crippen molar-refractivity contribution in [2.75, 3.05) is 6.54 Å². The van der Waals surface area contributed by atoms with Gasteiger partial charge < -0.3 is 14.8 Å². The molecule has 1 aromatic heterocycles. The summed E-state index contributed by atoms with van der Waals surface area (Å²) in [6.45, 7) is 2.58. The zero-order valence-corrected chi connectivity index (χ0v) is 14.4. The van der Waals surface area contributed by atoms with E-state index >= 15 is 0 Å². The number of nitrogens with one attached hydrogen (secondary N) is 1. The first-order valence-electron chi connectivity index (χ1n) is 9.10. The first kappa shape index (κ1) is 16.9. The lowest BCUT2D eigenvalue weighted by Gasteiger charge is -2.34. The summed E-state index contributed by atoms with van der Waals surface area (Å²) in [5.74, 6) is 0.698. The van der Waals surface area contributed by atoms with Crippen molar-refractivity contribution < 1.29 is 9.59 Å². The number of likely N-dealkylation sites (tertiary alicyclic amines) is 1. The van der Waals surface area contributed by atoms with Crippen LogP contribution in [0, 0.1) is 0 Å². The van der Waals surface area contributed by atoms with E-state index in [0.717, 1.165) is 37.9 Å². The molecule has 1 atom stereocenters. The Hall–Kier alpha value is -1.92. The van der Waals surface area contributed by atoms with Crippen molar-refractivity contribution in [3.63, 3.8) is 0 Å². The van der Waals surface area contributed by atoms with Crippen LogP contribution in [0.3, 0.4) is 0 Å². The fourth-order valence-electron chi connectivity index (χ4n) is 3.92. The first-order valence-corrected chi connectivity index (χ1v) is 9.10. The van der Waals surface area contributed by atoms with E-state index in [0.29, 0.717) is 19.1 Å². The summed E-state index contributed by atoms with van der Waals surface area (Å²) in [6, 6.07) is 0.103. The number of piperidine rings is 1. The lowest BCUT2D eigenvalue weighted by molar-refractivity contribution is -0.140. The zero-order chi connectivity index (χ0) is 16.9. The molecule has 24 heavy (non-hydrogen) atoms. The van der Waals surface area contributed by atoms with Crippen molar-refractivity contribution >= 4 is 11.8 Å². The van der Waals surface area contributed by atoms with Gasteiger partial charge >= 0.3 is 0 Å². The van der Waals surface area contributed by atoms with Gasteiger partial charge in [-0.3, -0.25) is 9.59 Å². The Morgan fingerprint density at radius 2 is 1.92 bits per heavy atom. The smallest absolute Gasteiger partial charge is 0.243 e. The molecule has 1 saturated heterocycles. The van der Waals surface area contributed by atoms with Crippen molar-refractivity contribution in [2.24, 2.45) is 0 Å². The van der Waals surface area contributed by atoms with Gasteiger partial charge in [0.2, 0.25) is 11.8 Å². The average Bonchev–Trinajstić information content (AvgIpc) is 3.09. The highest BCUT2D eigenvalue weighted by atomic mass is 16.2.